The third-order valence-electron chi connectivity index (χ3n) is 3.82. The predicted octanol–water partition coefficient (Wildman–Crippen LogP) is 1.33. The standard InChI is InChI=1S/C14H21N3O3S/c1-21(19,20)14-7-6-11(9-16-14)17-13(18)8-10-4-2-3-5-12(10)15/h6-7,9-10,12H,2-5,8,15H2,1H3,(H,17,18). The van der Waals surface area contributed by atoms with Gasteiger partial charge in [-0.25, -0.2) is 13.4 Å². The van der Waals surface area contributed by atoms with Gasteiger partial charge in [0.2, 0.25) is 5.91 Å². The maximum absolute atomic E-state index is 12.0. The molecule has 3 N–H and O–H groups in total. The summed E-state index contributed by atoms with van der Waals surface area (Å²) < 4.78 is 22.6. The molecule has 0 aromatic carbocycles. The van der Waals surface area contributed by atoms with E-state index >= 15 is 0 Å². The molecule has 1 aromatic rings. The molecule has 0 spiro atoms. The first-order valence-electron chi connectivity index (χ1n) is 7.08. The molecule has 7 heteroatoms. The fourth-order valence-corrected chi connectivity index (χ4v) is 3.17. The van der Waals surface area contributed by atoms with E-state index in [1.807, 2.05) is 0 Å². The van der Waals surface area contributed by atoms with Crippen molar-refractivity contribution < 1.29 is 13.2 Å². The minimum Gasteiger partial charge on any atom is -0.327 e. The van der Waals surface area contributed by atoms with Crippen LogP contribution in [0.2, 0.25) is 0 Å². The molecule has 116 valence electrons. The van der Waals surface area contributed by atoms with Crippen LogP contribution in [0.4, 0.5) is 5.69 Å². The highest BCUT2D eigenvalue weighted by Gasteiger charge is 2.24. The van der Waals surface area contributed by atoms with E-state index in [9.17, 15) is 13.2 Å². The molecule has 1 aromatic heterocycles. The minimum absolute atomic E-state index is 0.00481. The first-order chi connectivity index (χ1) is 9.86. The molecule has 1 heterocycles. The van der Waals surface area contributed by atoms with Gasteiger partial charge in [-0.15, -0.1) is 0 Å². The van der Waals surface area contributed by atoms with Crippen LogP contribution in [0.5, 0.6) is 0 Å². The molecule has 6 nitrogen and oxygen atoms in total. The summed E-state index contributed by atoms with van der Waals surface area (Å²) in [5.74, 6) is 0.119. The number of carbonyl (C=O) groups is 1. The van der Waals surface area contributed by atoms with Gasteiger partial charge < -0.3 is 11.1 Å². The van der Waals surface area contributed by atoms with Crippen LogP contribution in [-0.4, -0.2) is 31.6 Å². The Labute approximate surface area is 125 Å². The lowest BCUT2D eigenvalue weighted by Gasteiger charge is -2.27. The summed E-state index contributed by atoms with van der Waals surface area (Å²) in [6, 6.07) is 3.02. The highest BCUT2D eigenvalue weighted by Crippen LogP contribution is 2.26. The second-order valence-electron chi connectivity index (χ2n) is 5.62. The van der Waals surface area contributed by atoms with Gasteiger partial charge in [0.15, 0.2) is 14.9 Å². The van der Waals surface area contributed by atoms with Gasteiger partial charge in [0.05, 0.1) is 11.9 Å². The molecule has 1 aliphatic rings. The minimum atomic E-state index is -3.32. The van der Waals surface area contributed by atoms with Crippen molar-refractivity contribution in [3.8, 4) is 0 Å². The number of hydrogen-bond donors (Lipinski definition) is 2. The lowest BCUT2D eigenvalue weighted by atomic mass is 9.83. The van der Waals surface area contributed by atoms with Crippen LogP contribution in [0.25, 0.3) is 0 Å². The van der Waals surface area contributed by atoms with Crippen molar-refractivity contribution in [2.24, 2.45) is 11.7 Å². The number of nitrogens with two attached hydrogens (primary N) is 1. The van der Waals surface area contributed by atoms with Gasteiger partial charge in [-0.1, -0.05) is 12.8 Å². The third kappa shape index (κ3) is 4.50. The highest BCUT2D eigenvalue weighted by atomic mass is 32.2. The number of nitrogens with one attached hydrogen (secondary N) is 1. The molecule has 1 saturated carbocycles. The quantitative estimate of drug-likeness (QED) is 0.873. The number of pyridine rings is 1. The lowest BCUT2D eigenvalue weighted by molar-refractivity contribution is -0.117. The van der Waals surface area contributed by atoms with E-state index in [1.165, 1.54) is 12.3 Å². The molecule has 0 saturated heterocycles. The summed E-state index contributed by atoms with van der Waals surface area (Å²) in [6.07, 6.45) is 7.07. The SMILES string of the molecule is CS(=O)(=O)c1ccc(NC(=O)CC2CCCCC2N)cn1. The van der Waals surface area contributed by atoms with Crippen LogP contribution in [-0.2, 0) is 14.6 Å². The van der Waals surface area contributed by atoms with E-state index in [4.69, 9.17) is 5.73 Å². The van der Waals surface area contributed by atoms with E-state index in [1.54, 1.807) is 6.07 Å². The van der Waals surface area contributed by atoms with Gasteiger partial charge in [-0.2, -0.15) is 0 Å². The molecular weight excluding hydrogens is 290 g/mol. The average Bonchev–Trinajstić information content (AvgIpc) is 2.41. The molecule has 2 rings (SSSR count). The molecule has 0 radical (unpaired) electrons. The summed E-state index contributed by atoms with van der Waals surface area (Å²) in [6.45, 7) is 0. The molecule has 21 heavy (non-hydrogen) atoms. The fraction of sp³-hybridized carbons (Fsp3) is 0.571. The summed E-state index contributed by atoms with van der Waals surface area (Å²) in [4.78, 5) is 15.8. The van der Waals surface area contributed by atoms with E-state index in [-0.39, 0.29) is 22.9 Å². The zero-order valence-electron chi connectivity index (χ0n) is 12.1. The zero-order chi connectivity index (χ0) is 15.5. The molecular formula is C14H21N3O3S. The Kier molecular flexibility index (Phi) is 4.95. The van der Waals surface area contributed by atoms with E-state index < -0.39 is 9.84 Å². The maximum atomic E-state index is 12.0. The number of rotatable bonds is 4. The Hall–Kier alpha value is -1.47. The van der Waals surface area contributed by atoms with Gasteiger partial charge in [-0.3, -0.25) is 4.79 Å². The first kappa shape index (κ1) is 15.9. The highest BCUT2D eigenvalue weighted by molar-refractivity contribution is 7.90. The summed E-state index contributed by atoms with van der Waals surface area (Å²) in [7, 11) is -3.32. The maximum Gasteiger partial charge on any atom is 0.224 e. The zero-order valence-corrected chi connectivity index (χ0v) is 12.9. The molecule has 1 fully saturated rings. The second-order valence-corrected chi connectivity index (χ2v) is 7.58. The van der Waals surface area contributed by atoms with Crippen LogP contribution in [0, 0.1) is 5.92 Å². The van der Waals surface area contributed by atoms with Gasteiger partial charge in [0, 0.05) is 18.7 Å². The molecule has 2 unspecified atom stereocenters. The number of hydrogen-bond acceptors (Lipinski definition) is 5. The topological polar surface area (TPSA) is 102 Å². The van der Waals surface area contributed by atoms with Crippen LogP contribution in [0.15, 0.2) is 23.4 Å². The third-order valence-corrected chi connectivity index (χ3v) is 4.82. The Bertz CT molecular complexity index is 598. The van der Waals surface area contributed by atoms with E-state index in [0.29, 0.717) is 12.1 Å². The van der Waals surface area contributed by atoms with Gasteiger partial charge in [0.25, 0.3) is 0 Å². The fourth-order valence-electron chi connectivity index (χ4n) is 2.61. The van der Waals surface area contributed by atoms with Gasteiger partial charge in [-0.05, 0) is 30.9 Å². The van der Waals surface area contributed by atoms with Crippen molar-refractivity contribution in [3.63, 3.8) is 0 Å². The Morgan fingerprint density at radius 1 is 1.38 bits per heavy atom. The normalized spacial score (nSPS) is 22.8. The molecule has 2 atom stereocenters. The van der Waals surface area contributed by atoms with Crippen molar-refractivity contribution >= 4 is 21.4 Å². The van der Waals surface area contributed by atoms with Crippen LogP contribution in [0.1, 0.15) is 32.1 Å². The molecule has 1 aliphatic carbocycles. The summed E-state index contributed by atoms with van der Waals surface area (Å²) in [5, 5.41) is 2.73. The smallest absolute Gasteiger partial charge is 0.224 e. The van der Waals surface area contributed by atoms with Crippen LogP contribution < -0.4 is 11.1 Å². The average molecular weight is 311 g/mol. The van der Waals surface area contributed by atoms with Crippen LogP contribution in [0.3, 0.4) is 0 Å². The van der Waals surface area contributed by atoms with Crippen molar-refractivity contribution in [3.05, 3.63) is 18.3 Å². The molecule has 1 amide bonds. The summed E-state index contributed by atoms with van der Waals surface area (Å²) in [5.41, 5.74) is 6.53. The number of aromatic nitrogens is 1. The number of anilines is 1. The van der Waals surface area contributed by atoms with Gasteiger partial charge in [0.1, 0.15) is 0 Å². The van der Waals surface area contributed by atoms with Crippen molar-refractivity contribution in [2.75, 3.05) is 11.6 Å². The Morgan fingerprint density at radius 2 is 2.10 bits per heavy atom. The number of amides is 1. The molecule has 0 aliphatic heterocycles. The van der Waals surface area contributed by atoms with Gasteiger partial charge >= 0.3 is 0 Å². The number of carbonyl (C=O) groups excluding carboxylic acids is 1. The number of sulfone groups is 1. The summed E-state index contributed by atoms with van der Waals surface area (Å²) >= 11 is 0. The van der Waals surface area contributed by atoms with Crippen molar-refractivity contribution in [1.82, 2.24) is 4.98 Å². The largest absolute Gasteiger partial charge is 0.327 e. The Morgan fingerprint density at radius 3 is 2.67 bits per heavy atom. The first-order valence-corrected chi connectivity index (χ1v) is 8.97. The van der Waals surface area contributed by atoms with E-state index in [0.717, 1.165) is 31.9 Å². The lowest BCUT2D eigenvalue weighted by Crippen LogP contribution is -2.35. The van der Waals surface area contributed by atoms with Crippen LogP contribution >= 0.6 is 0 Å². The monoisotopic (exact) mass is 311 g/mol. The molecule has 0 bridgehead atoms. The van der Waals surface area contributed by atoms with Crippen molar-refractivity contribution in [2.45, 2.75) is 43.2 Å². The van der Waals surface area contributed by atoms with E-state index in [2.05, 4.69) is 10.3 Å². The second kappa shape index (κ2) is 6.53. The predicted molar refractivity (Wildman–Crippen MR) is 80.5 cm³/mol. The number of nitrogens with zero attached hydrogens (tertiary/aromatic N) is 1. The Balaban J connectivity index is 1.93. The van der Waals surface area contributed by atoms with Crippen molar-refractivity contribution in [1.29, 1.82) is 0 Å².